The van der Waals surface area contributed by atoms with Crippen LogP contribution in [0.25, 0.3) is 0 Å². The molecule has 2 aromatic rings. The fourth-order valence-corrected chi connectivity index (χ4v) is 1.35. The van der Waals surface area contributed by atoms with Gasteiger partial charge in [0.1, 0.15) is 0 Å². The lowest BCUT2D eigenvalue weighted by atomic mass is 10.1. The lowest BCUT2D eigenvalue weighted by molar-refractivity contribution is 0.0696. The van der Waals surface area contributed by atoms with E-state index in [1.807, 2.05) is 0 Å². The Kier molecular flexibility index (Phi) is 3.18. The van der Waals surface area contributed by atoms with E-state index in [4.69, 9.17) is 5.11 Å². The number of aromatic nitrogens is 1. The summed E-state index contributed by atoms with van der Waals surface area (Å²) in [7, 11) is 0. The second kappa shape index (κ2) is 4.95. The van der Waals surface area contributed by atoms with Gasteiger partial charge in [0.15, 0.2) is 0 Å². The number of nitrogens with zero attached hydrogens (tertiary/aromatic N) is 1. The molecular weight excluding hydrogens is 214 g/mol. The molecular formula is C14H9NO2. The van der Waals surface area contributed by atoms with Crippen molar-refractivity contribution in [2.24, 2.45) is 0 Å². The first-order chi connectivity index (χ1) is 8.27. The van der Waals surface area contributed by atoms with E-state index >= 15 is 0 Å². The van der Waals surface area contributed by atoms with Crippen molar-refractivity contribution >= 4 is 5.97 Å². The molecule has 0 aliphatic carbocycles. The van der Waals surface area contributed by atoms with Crippen LogP contribution in [-0.2, 0) is 0 Å². The Morgan fingerprint density at radius 2 is 1.76 bits per heavy atom. The molecule has 0 saturated heterocycles. The summed E-state index contributed by atoms with van der Waals surface area (Å²) >= 11 is 0. The van der Waals surface area contributed by atoms with E-state index in [9.17, 15) is 4.79 Å². The third-order valence-corrected chi connectivity index (χ3v) is 2.18. The molecule has 0 aliphatic rings. The lowest BCUT2D eigenvalue weighted by Gasteiger charge is -1.96. The van der Waals surface area contributed by atoms with Crippen molar-refractivity contribution in [1.82, 2.24) is 4.98 Å². The van der Waals surface area contributed by atoms with Crippen LogP contribution < -0.4 is 0 Å². The number of hydrogen-bond donors (Lipinski definition) is 1. The van der Waals surface area contributed by atoms with Crippen molar-refractivity contribution in [2.45, 2.75) is 0 Å². The fraction of sp³-hybridized carbons (Fsp3) is 0. The van der Waals surface area contributed by atoms with Crippen molar-refractivity contribution in [3.8, 4) is 11.8 Å². The second-order valence-electron chi connectivity index (χ2n) is 3.34. The van der Waals surface area contributed by atoms with E-state index < -0.39 is 5.97 Å². The molecule has 17 heavy (non-hydrogen) atoms. The second-order valence-corrected chi connectivity index (χ2v) is 3.34. The third kappa shape index (κ3) is 2.70. The zero-order chi connectivity index (χ0) is 12.1. The Labute approximate surface area is 98.8 Å². The van der Waals surface area contributed by atoms with Gasteiger partial charge in [0, 0.05) is 23.5 Å². The number of carboxylic acids is 1. The minimum Gasteiger partial charge on any atom is -0.478 e. The molecule has 0 bridgehead atoms. The van der Waals surface area contributed by atoms with Crippen LogP contribution in [0.2, 0.25) is 0 Å². The molecule has 0 atom stereocenters. The number of aromatic carboxylic acids is 1. The van der Waals surface area contributed by atoms with Gasteiger partial charge in [-0.05, 0) is 24.3 Å². The summed E-state index contributed by atoms with van der Waals surface area (Å²) in [5, 5.41) is 8.99. The summed E-state index contributed by atoms with van der Waals surface area (Å²) in [6, 6.07) is 10.2. The number of rotatable bonds is 1. The van der Waals surface area contributed by atoms with Gasteiger partial charge in [0.2, 0.25) is 0 Å². The van der Waals surface area contributed by atoms with Gasteiger partial charge in [-0.1, -0.05) is 24.0 Å². The monoisotopic (exact) mass is 223 g/mol. The predicted octanol–water partition coefficient (Wildman–Crippen LogP) is 2.18. The molecule has 3 nitrogen and oxygen atoms in total. The Bertz CT molecular complexity index is 594. The molecule has 2 rings (SSSR count). The molecule has 1 aromatic heterocycles. The molecule has 1 heterocycles. The summed E-state index contributed by atoms with van der Waals surface area (Å²) in [6.45, 7) is 0. The smallest absolute Gasteiger partial charge is 0.336 e. The van der Waals surface area contributed by atoms with E-state index in [0.717, 1.165) is 5.56 Å². The third-order valence-electron chi connectivity index (χ3n) is 2.18. The van der Waals surface area contributed by atoms with Gasteiger partial charge in [-0.25, -0.2) is 4.79 Å². The van der Waals surface area contributed by atoms with Crippen molar-refractivity contribution in [3.05, 3.63) is 65.5 Å². The largest absolute Gasteiger partial charge is 0.478 e. The van der Waals surface area contributed by atoms with E-state index in [0.29, 0.717) is 5.56 Å². The quantitative estimate of drug-likeness (QED) is 0.754. The number of carbonyl (C=O) groups is 1. The lowest BCUT2D eigenvalue weighted by Crippen LogP contribution is -1.99. The summed E-state index contributed by atoms with van der Waals surface area (Å²) in [4.78, 5) is 14.8. The van der Waals surface area contributed by atoms with Crippen LogP contribution in [0.15, 0.2) is 48.8 Å². The molecule has 0 amide bonds. The van der Waals surface area contributed by atoms with E-state index in [-0.39, 0.29) is 5.56 Å². The van der Waals surface area contributed by atoms with Gasteiger partial charge < -0.3 is 5.11 Å². The number of benzene rings is 1. The molecule has 0 radical (unpaired) electrons. The van der Waals surface area contributed by atoms with Crippen LogP contribution in [0.1, 0.15) is 21.5 Å². The topological polar surface area (TPSA) is 50.2 Å². The van der Waals surface area contributed by atoms with Gasteiger partial charge in [-0.2, -0.15) is 0 Å². The Morgan fingerprint density at radius 3 is 2.47 bits per heavy atom. The van der Waals surface area contributed by atoms with Crippen LogP contribution in [0.3, 0.4) is 0 Å². The van der Waals surface area contributed by atoms with Crippen LogP contribution in [0.5, 0.6) is 0 Å². The average molecular weight is 223 g/mol. The van der Waals surface area contributed by atoms with Crippen LogP contribution in [0, 0.1) is 11.8 Å². The highest BCUT2D eigenvalue weighted by Gasteiger charge is 2.05. The van der Waals surface area contributed by atoms with Gasteiger partial charge in [-0.15, -0.1) is 0 Å². The van der Waals surface area contributed by atoms with Crippen molar-refractivity contribution in [1.29, 1.82) is 0 Å². The van der Waals surface area contributed by atoms with Crippen LogP contribution in [-0.4, -0.2) is 16.1 Å². The van der Waals surface area contributed by atoms with Gasteiger partial charge >= 0.3 is 5.97 Å². The fourth-order valence-electron chi connectivity index (χ4n) is 1.35. The van der Waals surface area contributed by atoms with E-state index in [2.05, 4.69) is 16.8 Å². The molecule has 82 valence electrons. The highest BCUT2D eigenvalue weighted by Crippen LogP contribution is 2.07. The Hall–Kier alpha value is -2.60. The first-order valence-electron chi connectivity index (χ1n) is 5.02. The Morgan fingerprint density at radius 1 is 1.06 bits per heavy atom. The molecule has 3 heteroatoms. The molecule has 0 fully saturated rings. The molecule has 0 unspecified atom stereocenters. The standard InChI is InChI=1S/C14H9NO2/c16-14(17)13-4-2-1-3-12(13)6-5-11-7-9-15-10-8-11/h1-4,7-10H,(H,16,17). The average Bonchev–Trinajstić information content (AvgIpc) is 2.38. The maximum atomic E-state index is 11.0. The van der Waals surface area contributed by atoms with Crippen LogP contribution >= 0.6 is 0 Å². The molecule has 0 aliphatic heterocycles. The number of hydrogen-bond acceptors (Lipinski definition) is 2. The first kappa shape index (κ1) is 10.9. The zero-order valence-corrected chi connectivity index (χ0v) is 8.92. The van der Waals surface area contributed by atoms with Crippen molar-refractivity contribution in [3.63, 3.8) is 0 Å². The SMILES string of the molecule is O=C(O)c1ccccc1C#Cc1ccncc1. The number of carboxylic acid groups (broad SMARTS) is 1. The predicted molar refractivity (Wildman–Crippen MR) is 63.6 cm³/mol. The molecule has 0 spiro atoms. The Balaban J connectivity index is 2.38. The minimum absolute atomic E-state index is 0.217. The zero-order valence-electron chi connectivity index (χ0n) is 8.92. The minimum atomic E-state index is -0.968. The molecule has 0 saturated carbocycles. The van der Waals surface area contributed by atoms with Crippen molar-refractivity contribution < 1.29 is 9.90 Å². The summed E-state index contributed by atoms with van der Waals surface area (Å²) < 4.78 is 0. The van der Waals surface area contributed by atoms with Gasteiger partial charge in [0.25, 0.3) is 0 Å². The number of pyridine rings is 1. The maximum absolute atomic E-state index is 11.0. The van der Waals surface area contributed by atoms with E-state index in [1.54, 1.807) is 48.8 Å². The summed E-state index contributed by atoms with van der Waals surface area (Å²) in [5.41, 5.74) is 1.53. The van der Waals surface area contributed by atoms with Gasteiger partial charge in [0.05, 0.1) is 5.56 Å². The molecule has 1 N–H and O–H groups in total. The summed E-state index contributed by atoms with van der Waals surface area (Å²) in [5.74, 6) is 4.79. The van der Waals surface area contributed by atoms with E-state index in [1.165, 1.54) is 0 Å². The van der Waals surface area contributed by atoms with Crippen molar-refractivity contribution in [2.75, 3.05) is 0 Å². The van der Waals surface area contributed by atoms with Crippen LogP contribution in [0.4, 0.5) is 0 Å². The first-order valence-corrected chi connectivity index (χ1v) is 5.02. The molecule has 1 aromatic carbocycles. The maximum Gasteiger partial charge on any atom is 0.336 e. The normalized spacial score (nSPS) is 9.18. The van der Waals surface area contributed by atoms with Gasteiger partial charge in [-0.3, -0.25) is 4.98 Å². The summed E-state index contributed by atoms with van der Waals surface area (Å²) in [6.07, 6.45) is 3.29. The highest BCUT2D eigenvalue weighted by atomic mass is 16.4. The highest BCUT2D eigenvalue weighted by molar-refractivity contribution is 5.90.